The fraction of sp³-hybridized carbons (Fsp3) is 0.250. The van der Waals surface area contributed by atoms with Crippen LogP contribution in [0.15, 0.2) is 53.3 Å². The van der Waals surface area contributed by atoms with Gasteiger partial charge in [0.25, 0.3) is 0 Å². The van der Waals surface area contributed by atoms with Gasteiger partial charge in [-0.3, -0.25) is 4.98 Å². The number of nitrogens with zero attached hydrogens (tertiary/aromatic N) is 6. The van der Waals surface area contributed by atoms with Crippen molar-refractivity contribution in [3.8, 4) is 22.8 Å². The Kier molecular flexibility index (Phi) is 4.37. The highest BCUT2D eigenvalue weighted by atomic mass is 35.5. The molecule has 0 bridgehead atoms. The third-order valence-electron chi connectivity index (χ3n) is 4.73. The Morgan fingerprint density at radius 3 is 2.68 bits per heavy atom. The lowest BCUT2D eigenvalue weighted by atomic mass is 10.2. The molecule has 5 rings (SSSR count). The van der Waals surface area contributed by atoms with Crippen LogP contribution in [0.4, 0.5) is 0 Å². The second-order valence-corrected chi connectivity index (χ2v) is 7.24. The van der Waals surface area contributed by atoms with Crippen LogP contribution in [-0.2, 0) is 12.8 Å². The quantitative estimate of drug-likeness (QED) is 0.490. The van der Waals surface area contributed by atoms with Crippen LogP contribution in [0.3, 0.4) is 0 Å². The van der Waals surface area contributed by atoms with E-state index in [1.807, 2.05) is 36.4 Å². The molecule has 0 radical (unpaired) electrons. The summed E-state index contributed by atoms with van der Waals surface area (Å²) in [6, 6.07) is 11.8. The monoisotopic (exact) mass is 392 g/mol. The number of aromatic nitrogens is 6. The Balaban J connectivity index is 1.36. The largest absolute Gasteiger partial charge is 0.339 e. The molecule has 3 aromatic heterocycles. The molecular weight excluding hydrogens is 376 g/mol. The van der Waals surface area contributed by atoms with Crippen molar-refractivity contribution in [1.29, 1.82) is 0 Å². The van der Waals surface area contributed by atoms with E-state index in [-0.39, 0.29) is 0 Å². The smallest absolute Gasteiger partial charge is 0.227 e. The number of benzene rings is 1. The minimum atomic E-state index is 0.470. The average molecular weight is 393 g/mol. The van der Waals surface area contributed by atoms with Crippen molar-refractivity contribution in [2.24, 2.45) is 0 Å². The van der Waals surface area contributed by atoms with Crippen LogP contribution in [-0.4, -0.2) is 29.9 Å². The highest BCUT2D eigenvalue weighted by Crippen LogP contribution is 2.39. The molecule has 0 aliphatic heterocycles. The lowest BCUT2D eigenvalue weighted by molar-refractivity contribution is 0.377. The number of halogens is 1. The lowest BCUT2D eigenvalue weighted by Gasteiger charge is -2.08. The Labute approximate surface area is 166 Å². The Bertz CT molecular complexity index is 1100. The summed E-state index contributed by atoms with van der Waals surface area (Å²) >= 11 is 6.04. The van der Waals surface area contributed by atoms with E-state index in [9.17, 15) is 0 Å². The first kappa shape index (κ1) is 17.1. The zero-order valence-electron chi connectivity index (χ0n) is 15.0. The number of hydrogen-bond acceptors (Lipinski definition) is 6. The van der Waals surface area contributed by atoms with Crippen LogP contribution in [0.5, 0.6) is 0 Å². The van der Waals surface area contributed by atoms with Crippen molar-refractivity contribution >= 4 is 11.6 Å². The molecular formula is C20H17ClN6O. The van der Waals surface area contributed by atoms with Crippen molar-refractivity contribution in [3.63, 3.8) is 0 Å². The normalized spacial score (nSPS) is 13.8. The van der Waals surface area contributed by atoms with Crippen LogP contribution in [0.1, 0.15) is 30.6 Å². The third kappa shape index (κ3) is 3.41. The molecule has 0 saturated heterocycles. The molecule has 28 heavy (non-hydrogen) atoms. The molecule has 0 spiro atoms. The standard InChI is InChI=1S/C20H17ClN6O/c21-15-3-1-2-14(12-15)19-23-18(28-26-19)7-6-17-24-25-20(27(17)16-4-5-16)13-8-10-22-11-9-13/h1-3,8-12,16H,4-7H2. The predicted molar refractivity (Wildman–Crippen MR) is 104 cm³/mol. The molecule has 8 heteroatoms. The maximum atomic E-state index is 6.04. The van der Waals surface area contributed by atoms with Gasteiger partial charge in [-0.2, -0.15) is 4.98 Å². The second kappa shape index (κ2) is 7.16. The first-order valence-corrected chi connectivity index (χ1v) is 9.58. The van der Waals surface area contributed by atoms with Gasteiger partial charge in [0.1, 0.15) is 5.82 Å². The molecule has 3 heterocycles. The maximum Gasteiger partial charge on any atom is 0.227 e. The van der Waals surface area contributed by atoms with E-state index >= 15 is 0 Å². The predicted octanol–water partition coefficient (Wildman–Crippen LogP) is 4.16. The molecule has 0 atom stereocenters. The van der Waals surface area contributed by atoms with Gasteiger partial charge in [-0.15, -0.1) is 10.2 Å². The van der Waals surface area contributed by atoms with Crippen LogP contribution in [0, 0.1) is 0 Å². The van der Waals surface area contributed by atoms with Gasteiger partial charge in [0.05, 0.1) is 0 Å². The van der Waals surface area contributed by atoms with Gasteiger partial charge in [0, 0.05) is 47.4 Å². The SMILES string of the molecule is Clc1cccc(-c2noc(CCc3nnc(-c4ccncc4)n3C3CC3)n2)c1. The summed E-state index contributed by atoms with van der Waals surface area (Å²) in [4.78, 5) is 8.57. The van der Waals surface area contributed by atoms with E-state index in [1.54, 1.807) is 12.4 Å². The zero-order chi connectivity index (χ0) is 18.9. The van der Waals surface area contributed by atoms with E-state index in [4.69, 9.17) is 16.1 Å². The number of aryl methyl sites for hydroxylation is 2. The van der Waals surface area contributed by atoms with Gasteiger partial charge in [-0.1, -0.05) is 28.9 Å². The van der Waals surface area contributed by atoms with Crippen molar-refractivity contribution in [2.75, 3.05) is 0 Å². The van der Waals surface area contributed by atoms with E-state index in [0.717, 1.165) is 35.6 Å². The molecule has 7 nitrogen and oxygen atoms in total. The van der Waals surface area contributed by atoms with E-state index in [1.165, 1.54) is 0 Å². The maximum absolute atomic E-state index is 6.04. The number of hydrogen-bond donors (Lipinski definition) is 0. The van der Waals surface area contributed by atoms with E-state index in [0.29, 0.717) is 35.6 Å². The van der Waals surface area contributed by atoms with Crippen molar-refractivity contribution < 1.29 is 4.52 Å². The molecule has 1 fully saturated rings. The number of rotatable bonds is 6. The summed E-state index contributed by atoms with van der Waals surface area (Å²) in [6.07, 6.45) is 7.15. The van der Waals surface area contributed by atoms with Crippen molar-refractivity contribution in [1.82, 2.24) is 29.9 Å². The van der Waals surface area contributed by atoms with Gasteiger partial charge in [0.2, 0.25) is 11.7 Å². The van der Waals surface area contributed by atoms with Gasteiger partial charge in [-0.25, -0.2) is 0 Å². The van der Waals surface area contributed by atoms with Crippen LogP contribution in [0.2, 0.25) is 5.02 Å². The molecule has 0 N–H and O–H groups in total. The highest BCUT2D eigenvalue weighted by Gasteiger charge is 2.30. The molecule has 4 aromatic rings. The Hall–Kier alpha value is -3.06. The third-order valence-corrected chi connectivity index (χ3v) is 4.97. The van der Waals surface area contributed by atoms with Gasteiger partial charge in [0.15, 0.2) is 5.82 Å². The summed E-state index contributed by atoms with van der Waals surface area (Å²) < 4.78 is 7.66. The fourth-order valence-electron chi connectivity index (χ4n) is 3.23. The highest BCUT2D eigenvalue weighted by molar-refractivity contribution is 6.30. The molecule has 1 saturated carbocycles. The van der Waals surface area contributed by atoms with Crippen LogP contribution < -0.4 is 0 Å². The van der Waals surface area contributed by atoms with Crippen molar-refractivity contribution in [2.45, 2.75) is 31.7 Å². The van der Waals surface area contributed by atoms with E-state index < -0.39 is 0 Å². The zero-order valence-corrected chi connectivity index (χ0v) is 15.8. The van der Waals surface area contributed by atoms with Gasteiger partial charge in [-0.05, 0) is 37.1 Å². The summed E-state index contributed by atoms with van der Waals surface area (Å²) in [6.45, 7) is 0. The number of pyridine rings is 1. The molecule has 1 aromatic carbocycles. The summed E-state index contributed by atoms with van der Waals surface area (Å²) in [5, 5.41) is 13.6. The minimum Gasteiger partial charge on any atom is -0.339 e. The Morgan fingerprint density at radius 2 is 1.89 bits per heavy atom. The first-order valence-electron chi connectivity index (χ1n) is 9.20. The molecule has 0 unspecified atom stereocenters. The van der Waals surface area contributed by atoms with Crippen molar-refractivity contribution in [3.05, 3.63) is 65.5 Å². The topological polar surface area (TPSA) is 82.5 Å². The fourth-order valence-corrected chi connectivity index (χ4v) is 3.42. The summed E-state index contributed by atoms with van der Waals surface area (Å²) in [7, 11) is 0. The average Bonchev–Trinajstić information content (AvgIpc) is 3.29. The first-order chi connectivity index (χ1) is 13.8. The summed E-state index contributed by atoms with van der Waals surface area (Å²) in [5.74, 6) is 2.95. The Morgan fingerprint density at radius 1 is 1.04 bits per heavy atom. The molecule has 140 valence electrons. The van der Waals surface area contributed by atoms with Gasteiger partial charge >= 0.3 is 0 Å². The molecule has 1 aliphatic carbocycles. The summed E-state index contributed by atoms with van der Waals surface area (Å²) in [5.41, 5.74) is 1.87. The second-order valence-electron chi connectivity index (χ2n) is 6.80. The minimum absolute atomic E-state index is 0.470. The molecule has 1 aliphatic rings. The van der Waals surface area contributed by atoms with Crippen LogP contribution in [0.25, 0.3) is 22.8 Å². The van der Waals surface area contributed by atoms with Crippen LogP contribution >= 0.6 is 11.6 Å². The lowest BCUT2D eigenvalue weighted by Crippen LogP contribution is -2.05. The molecule has 0 amide bonds. The van der Waals surface area contributed by atoms with Gasteiger partial charge < -0.3 is 9.09 Å². The van der Waals surface area contributed by atoms with E-state index in [2.05, 4.69) is 29.9 Å².